The number of amides is 1. The molecule has 3 aliphatic heterocycles. The predicted molar refractivity (Wildman–Crippen MR) is 158 cm³/mol. The zero-order valence-corrected chi connectivity index (χ0v) is 25.1. The van der Waals surface area contributed by atoms with Gasteiger partial charge in [0.05, 0.1) is 17.9 Å². The van der Waals surface area contributed by atoms with Crippen molar-refractivity contribution < 1.29 is 9.18 Å². The second-order valence-corrected chi connectivity index (χ2v) is 13.4. The van der Waals surface area contributed by atoms with E-state index in [1.165, 1.54) is 12.1 Å². The molecule has 1 amide bonds. The van der Waals surface area contributed by atoms with Crippen LogP contribution in [0.4, 0.5) is 10.1 Å². The van der Waals surface area contributed by atoms with Crippen molar-refractivity contribution in [1.82, 2.24) is 23.2 Å². The van der Waals surface area contributed by atoms with E-state index in [1.807, 2.05) is 11.1 Å². The van der Waals surface area contributed by atoms with Crippen LogP contribution in [0.15, 0.2) is 36.5 Å². The maximum atomic E-state index is 13.7. The highest BCUT2D eigenvalue weighted by Crippen LogP contribution is 2.39. The Labute approximate surface area is 240 Å². The molecular formula is C29H40FIN6O. The molecule has 5 rings (SSSR count). The molecule has 3 atom stereocenters. The molecule has 0 aliphatic carbocycles. The van der Waals surface area contributed by atoms with Crippen LogP contribution in [-0.4, -0.2) is 94.8 Å². The molecule has 7 nitrogen and oxygen atoms in total. The predicted octanol–water partition coefficient (Wildman–Crippen LogP) is 3.45. The highest BCUT2D eigenvalue weighted by atomic mass is 127. The summed E-state index contributed by atoms with van der Waals surface area (Å²) in [6, 6.07) is 9.93. The van der Waals surface area contributed by atoms with E-state index in [0.717, 1.165) is 61.7 Å². The molecule has 1 N–H and O–H groups in total. The fourth-order valence-electron chi connectivity index (χ4n) is 6.26. The second kappa shape index (κ2) is 11.4. The van der Waals surface area contributed by atoms with Gasteiger partial charge in [-0.25, -0.2) is 7.50 Å². The van der Waals surface area contributed by atoms with E-state index in [0.29, 0.717) is 37.6 Å². The first-order chi connectivity index (χ1) is 18.1. The summed E-state index contributed by atoms with van der Waals surface area (Å²) in [6.07, 6.45) is 3.64. The second-order valence-electron chi connectivity index (χ2n) is 12.1. The van der Waals surface area contributed by atoms with Gasteiger partial charge in [0.15, 0.2) is 0 Å². The monoisotopic (exact) mass is 634 g/mol. The van der Waals surface area contributed by atoms with Crippen molar-refractivity contribution in [2.75, 3.05) is 57.8 Å². The van der Waals surface area contributed by atoms with Crippen LogP contribution in [0.2, 0.25) is 0 Å². The molecule has 1 aromatic carbocycles. The number of nitrogens with one attached hydrogen (secondary N) is 1. The van der Waals surface area contributed by atoms with Crippen LogP contribution < -0.4 is 10.2 Å². The van der Waals surface area contributed by atoms with Gasteiger partial charge in [-0.15, -0.1) is 0 Å². The Balaban J connectivity index is 1.27. The van der Waals surface area contributed by atoms with Crippen LogP contribution in [0, 0.1) is 5.82 Å². The number of anilines is 1. The molecule has 38 heavy (non-hydrogen) atoms. The Bertz CT molecular complexity index is 1140. The van der Waals surface area contributed by atoms with Gasteiger partial charge in [-0.2, -0.15) is 0 Å². The molecule has 1 aromatic heterocycles. The standard InChI is InChI=1S/C29H40FIN6O/c1-20-15-35(16-24(33-20)13-25-17-36(31)10-9-34(25)4)18-27(38)37-19-29(2,3)28-26(37)12-22(14-32-28)11-21-5-7-23(30)8-6-21/h5-8,12,14,20,24-25,33H,9-11,13,15-19H2,1-4H3/t20-,24?,25-/m1/s1. The van der Waals surface area contributed by atoms with Crippen molar-refractivity contribution in [3.05, 3.63) is 59.2 Å². The molecule has 0 bridgehead atoms. The SMILES string of the molecule is C[C@@H]1CN(CC(=O)N2CC(C)(C)c3ncc(Cc4ccc(F)cc4)cc32)CC(C[C@@H]2CN(I)CCN2C)N1. The number of likely N-dealkylation sites (N-methyl/N-ethyl adjacent to an activating group) is 1. The number of halogens is 2. The van der Waals surface area contributed by atoms with Crippen molar-refractivity contribution in [2.45, 2.75) is 57.2 Å². The minimum atomic E-state index is -0.235. The van der Waals surface area contributed by atoms with Gasteiger partial charge in [0, 0.05) is 91.9 Å². The Morgan fingerprint density at radius 2 is 1.92 bits per heavy atom. The molecule has 206 valence electrons. The first-order valence-electron chi connectivity index (χ1n) is 13.7. The molecular weight excluding hydrogens is 594 g/mol. The summed E-state index contributed by atoms with van der Waals surface area (Å²) < 4.78 is 15.7. The van der Waals surface area contributed by atoms with Crippen LogP contribution in [0.5, 0.6) is 0 Å². The average Bonchev–Trinajstić information content (AvgIpc) is 3.13. The lowest BCUT2D eigenvalue weighted by atomic mass is 9.91. The molecule has 9 heteroatoms. The molecule has 2 fully saturated rings. The average molecular weight is 635 g/mol. The molecule has 1 unspecified atom stereocenters. The number of nitrogens with zero attached hydrogens (tertiary/aromatic N) is 5. The van der Waals surface area contributed by atoms with Gasteiger partial charge in [-0.3, -0.25) is 14.7 Å². The quantitative estimate of drug-likeness (QED) is 0.389. The lowest BCUT2D eigenvalue weighted by Crippen LogP contribution is -2.60. The van der Waals surface area contributed by atoms with E-state index in [4.69, 9.17) is 4.98 Å². The highest BCUT2D eigenvalue weighted by Gasteiger charge is 2.40. The zero-order chi connectivity index (χ0) is 27.0. The van der Waals surface area contributed by atoms with Crippen LogP contribution in [0.25, 0.3) is 0 Å². The van der Waals surface area contributed by atoms with Crippen molar-refractivity contribution in [3.8, 4) is 0 Å². The number of hydrogen-bond acceptors (Lipinski definition) is 6. The minimum Gasteiger partial charge on any atom is -0.309 e. The van der Waals surface area contributed by atoms with Crippen LogP contribution in [0.3, 0.4) is 0 Å². The number of rotatable bonds is 6. The number of piperazine rings is 2. The topological polar surface area (TPSA) is 55.0 Å². The van der Waals surface area contributed by atoms with Crippen molar-refractivity contribution >= 4 is 34.5 Å². The van der Waals surface area contributed by atoms with Gasteiger partial charge < -0.3 is 15.1 Å². The van der Waals surface area contributed by atoms with Crippen molar-refractivity contribution in [3.63, 3.8) is 0 Å². The number of hydrogen-bond donors (Lipinski definition) is 1. The van der Waals surface area contributed by atoms with Crippen molar-refractivity contribution in [2.24, 2.45) is 0 Å². The first kappa shape index (κ1) is 27.9. The maximum absolute atomic E-state index is 13.7. The van der Waals surface area contributed by atoms with E-state index in [9.17, 15) is 9.18 Å². The van der Waals surface area contributed by atoms with Gasteiger partial charge in [0.2, 0.25) is 5.91 Å². The lowest BCUT2D eigenvalue weighted by molar-refractivity contribution is -0.120. The molecule has 2 aromatic rings. The van der Waals surface area contributed by atoms with Gasteiger partial charge >= 0.3 is 0 Å². The number of aromatic nitrogens is 1. The highest BCUT2D eigenvalue weighted by molar-refractivity contribution is 14.1. The summed E-state index contributed by atoms with van der Waals surface area (Å²) in [6.45, 7) is 12.6. The zero-order valence-electron chi connectivity index (χ0n) is 23.0. The fraction of sp³-hybridized carbons (Fsp3) is 0.586. The third kappa shape index (κ3) is 6.38. The van der Waals surface area contributed by atoms with E-state index in [1.54, 1.807) is 12.1 Å². The lowest BCUT2D eigenvalue weighted by Gasteiger charge is -2.42. The van der Waals surface area contributed by atoms with Crippen molar-refractivity contribution in [1.29, 1.82) is 0 Å². The molecule has 3 aliphatic rings. The Morgan fingerprint density at radius 3 is 2.68 bits per heavy atom. The van der Waals surface area contributed by atoms with Crippen LogP contribution in [-0.2, 0) is 16.6 Å². The van der Waals surface area contributed by atoms with Gasteiger partial charge in [-0.05, 0) is 56.1 Å². The molecule has 0 saturated carbocycles. The van der Waals surface area contributed by atoms with Gasteiger partial charge in [0.25, 0.3) is 0 Å². The summed E-state index contributed by atoms with van der Waals surface area (Å²) >= 11 is 2.44. The minimum absolute atomic E-state index is 0.138. The Hall–Kier alpha value is -1.66. The summed E-state index contributed by atoms with van der Waals surface area (Å²) in [5.41, 5.74) is 3.76. The fourth-order valence-corrected chi connectivity index (χ4v) is 6.93. The van der Waals surface area contributed by atoms with Crippen LogP contribution >= 0.6 is 22.9 Å². The molecule has 0 spiro atoms. The van der Waals surface area contributed by atoms with Gasteiger partial charge in [0.1, 0.15) is 5.82 Å². The molecule has 0 radical (unpaired) electrons. The number of fused-ring (bicyclic) bond motifs is 1. The summed E-state index contributed by atoms with van der Waals surface area (Å²) in [4.78, 5) is 25.3. The summed E-state index contributed by atoms with van der Waals surface area (Å²) in [7, 11) is 2.23. The van der Waals surface area contributed by atoms with E-state index >= 15 is 0 Å². The third-order valence-electron chi connectivity index (χ3n) is 8.21. The van der Waals surface area contributed by atoms with E-state index in [-0.39, 0.29) is 17.1 Å². The summed E-state index contributed by atoms with van der Waals surface area (Å²) in [5, 5.41) is 3.79. The smallest absolute Gasteiger partial charge is 0.241 e. The normalized spacial score (nSPS) is 26.5. The maximum Gasteiger partial charge on any atom is 0.241 e. The Morgan fingerprint density at radius 1 is 1.16 bits per heavy atom. The van der Waals surface area contributed by atoms with Crippen LogP contribution in [0.1, 0.15) is 44.0 Å². The van der Waals surface area contributed by atoms with E-state index < -0.39 is 0 Å². The number of benzene rings is 1. The molecule has 2 saturated heterocycles. The third-order valence-corrected chi connectivity index (χ3v) is 9.08. The molecule has 4 heterocycles. The van der Waals surface area contributed by atoms with E-state index in [2.05, 4.69) is 75.0 Å². The summed E-state index contributed by atoms with van der Waals surface area (Å²) in [5.74, 6) is -0.0970. The Kier molecular flexibility index (Phi) is 8.40. The van der Waals surface area contributed by atoms with Gasteiger partial charge in [-0.1, -0.05) is 26.0 Å². The number of carbonyl (C=O) groups excluding carboxylic acids is 1. The number of carbonyl (C=O) groups is 1. The first-order valence-corrected chi connectivity index (χ1v) is 14.7. The number of pyridine rings is 1. The largest absolute Gasteiger partial charge is 0.309 e.